The van der Waals surface area contributed by atoms with Crippen LogP contribution < -0.4 is 202 Å². The minimum Gasteiger partial charge on any atom is -1.00 e. The van der Waals surface area contributed by atoms with Crippen molar-refractivity contribution in [1.29, 1.82) is 0 Å². The topological polar surface area (TPSA) is 365 Å². The second-order valence-electron chi connectivity index (χ2n) is 32.1. The van der Waals surface area contributed by atoms with Gasteiger partial charge in [-0.2, -0.15) is 4.39 Å². The number of carbonyl (C=O) groups is 1. The summed E-state index contributed by atoms with van der Waals surface area (Å²) in [4.78, 5) is 129. The Labute approximate surface area is 945 Å². The van der Waals surface area contributed by atoms with Crippen molar-refractivity contribution in [3.63, 3.8) is 0 Å². The molecular formula is C98H101Cl4Cs2F5N12O17Si2. The second kappa shape index (κ2) is 59.7. The summed E-state index contributed by atoms with van der Waals surface area (Å²) in [6, 6.07) is 26.5. The molecule has 12 aromatic rings. The van der Waals surface area contributed by atoms with Crippen molar-refractivity contribution in [2.24, 2.45) is 28.2 Å². The van der Waals surface area contributed by atoms with Crippen molar-refractivity contribution >= 4 is 69.0 Å². The number of benzene rings is 4. The molecule has 0 spiro atoms. The summed E-state index contributed by atoms with van der Waals surface area (Å²) >= 11 is 23.0. The number of phenolic OH excluding ortho intramolecular Hbond substituents is 1. The summed E-state index contributed by atoms with van der Waals surface area (Å²) in [7, 11) is 3.96. The van der Waals surface area contributed by atoms with Crippen LogP contribution in [0.1, 0.15) is 66.7 Å². The van der Waals surface area contributed by atoms with Gasteiger partial charge in [-0.3, -0.25) is 52.2 Å². The van der Waals surface area contributed by atoms with Crippen molar-refractivity contribution in [3.8, 4) is 145 Å². The largest absolute Gasteiger partial charge is 1.00 e. The Morgan fingerprint density at radius 1 is 0.443 bits per heavy atom. The monoisotopic (exact) mass is 2270 g/mol. The minimum absolute atomic E-state index is 0. The van der Waals surface area contributed by atoms with Gasteiger partial charge in [0.25, 0.3) is 28.7 Å². The van der Waals surface area contributed by atoms with Crippen LogP contribution in [0.2, 0.25) is 71.5 Å². The number of aryl methyl sites for hydroxylation is 4. The number of pyridine rings is 4. The number of terminal acetylenes is 1. The quantitative estimate of drug-likeness (QED) is 0.00879. The van der Waals surface area contributed by atoms with E-state index in [1.807, 2.05) is 27.7 Å². The van der Waals surface area contributed by atoms with E-state index in [1.54, 1.807) is 149 Å². The third-order valence-electron chi connectivity index (χ3n) is 19.3. The molecule has 8 aromatic heterocycles. The van der Waals surface area contributed by atoms with Crippen molar-refractivity contribution < 1.29 is 205 Å². The third kappa shape index (κ3) is 37.6. The van der Waals surface area contributed by atoms with Gasteiger partial charge in [0.05, 0.1) is 52.6 Å². The maximum Gasteiger partial charge on any atom is 1.00 e. The van der Waals surface area contributed by atoms with Gasteiger partial charge in [-0.05, 0) is 243 Å². The maximum absolute atomic E-state index is 13.2. The first kappa shape index (κ1) is 124. The normalized spacial score (nSPS) is 10.1. The zero-order valence-corrected chi connectivity index (χ0v) is 98.9. The molecule has 0 unspecified atom stereocenters. The molecule has 0 fully saturated rings. The number of carbonyl (C=O) groups excluding carboxylic acids is 1. The predicted octanol–water partition coefficient (Wildman–Crippen LogP) is 10.9. The zero-order chi connectivity index (χ0) is 103. The molecule has 12 rings (SSSR count). The fourth-order valence-corrected chi connectivity index (χ4v) is 14.6. The van der Waals surface area contributed by atoms with E-state index in [0.29, 0.717) is 81.1 Å². The molecule has 0 bridgehead atoms. The van der Waals surface area contributed by atoms with Crippen molar-refractivity contribution in [2.75, 3.05) is 13.2 Å². The summed E-state index contributed by atoms with van der Waals surface area (Å²) in [6.45, 7) is 33.5. The fourth-order valence-electron chi connectivity index (χ4n) is 12.4. The minimum atomic E-state index is -1.27. The summed E-state index contributed by atoms with van der Waals surface area (Å²) in [5.74, 6) is 21.2. The number of nitrogens with one attached hydrogen (secondary N) is 2. The van der Waals surface area contributed by atoms with Crippen LogP contribution in [0.3, 0.4) is 0 Å². The number of ether oxygens (including phenoxy) is 5. The molecule has 29 nitrogen and oxygen atoms in total. The van der Waals surface area contributed by atoms with Gasteiger partial charge in [0.1, 0.15) is 74.8 Å². The zero-order valence-electron chi connectivity index (χ0n) is 82.3. The Balaban J connectivity index is 0.000000582. The molecule has 0 atom stereocenters. The number of hydrogen-bond donors (Lipinski definition) is 3. The average Bonchev–Trinajstić information content (AvgIpc) is 0.761. The van der Waals surface area contributed by atoms with E-state index in [-0.39, 0.29) is 214 Å². The number of hydrogen-bond acceptors (Lipinski definition) is 21. The van der Waals surface area contributed by atoms with Crippen LogP contribution in [0.5, 0.6) is 40.6 Å². The van der Waals surface area contributed by atoms with E-state index >= 15 is 0 Å². The Morgan fingerprint density at radius 3 is 0.993 bits per heavy atom. The van der Waals surface area contributed by atoms with Gasteiger partial charge in [-0.25, -0.2) is 65.8 Å². The number of nitrogens with zero attached hydrogens (tertiary/aromatic N) is 10. The molecule has 0 saturated heterocycles. The third-order valence-corrected chi connectivity index (χ3v) is 23.8. The van der Waals surface area contributed by atoms with Gasteiger partial charge in [-0.15, -0.1) is 6.42 Å². The number of aromatic amines is 2. The molecule has 0 radical (unpaired) electrons. The van der Waals surface area contributed by atoms with Gasteiger partial charge in [-0.1, -0.05) is 103 Å². The molecule has 4 aromatic carbocycles. The second-order valence-corrected chi connectivity index (χ2v) is 44.9. The summed E-state index contributed by atoms with van der Waals surface area (Å²) < 4.78 is 99.6. The Kier molecular flexibility index (Phi) is 52.9. The summed E-state index contributed by atoms with van der Waals surface area (Å²) in [6.07, 6.45) is 8.52. The van der Waals surface area contributed by atoms with Crippen LogP contribution >= 0.6 is 46.4 Å². The van der Waals surface area contributed by atoms with E-state index in [1.165, 1.54) is 18.3 Å². The van der Waals surface area contributed by atoms with Crippen molar-refractivity contribution in [1.82, 2.24) is 57.3 Å². The standard InChI is InChI=1S/C24H29ClFN3O4Si.C19H28N2O4Si.2C18H15ClFN3O3.C8H6.C5H2ClF2N.C5H4.CH2O3.2Cs.H/c1-15-11-18(33-22-20(25)12-17(26)13-27-22)7-8-19(15)21-16(2)23(30)29(24(31)28(21)3)14-32-9-10-34(4,5)6;1-13-11-15(22)7-8-16(13)17-14(2)18(23)21(19(24)20(17)3)12-25-9-10-26(4,5)6;2*1-9-6-12(26-17-14(19)7-11(20)8-21-17)4-5-13(9)15-10(2)16(24)22-18(25)23(15)3;1-3-5-7-8-6-4-2;6-4-1-3(7)2-9-5(4)8;1-3-5-4-2;2-1-4-3;;;/h7-8,11-13H,9-10,14H2,1-6H3;7-8,11,22H,9-10,12H2,1-6H3;2*4-8H,1-3H3,(H,22,24,25);1-2H3;1-2H;1H,2H3;1,3H;;;/q;;;;;;;;2*+1;-1/p-1. The molecule has 0 amide bonds. The molecule has 8 heterocycles. The van der Waals surface area contributed by atoms with Gasteiger partial charge in [0.2, 0.25) is 23.6 Å². The summed E-state index contributed by atoms with van der Waals surface area (Å²) in [5, 5.41) is 17.9. The molecule has 42 heteroatoms. The Bertz CT molecular complexity index is 6980. The van der Waals surface area contributed by atoms with Crippen LogP contribution in [-0.2, 0) is 60.8 Å². The molecule has 140 heavy (non-hydrogen) atoms. The number of phenols is 1. The SMILES string of the molecule is C#CC#CC.CC#CC#CC#CC.Cc1cc(O)ccc1-c1c(C)c(=O)n(COCC[Si](C)(C)C)c(=O)n1C.Cc1cc(Oc2ncc(F)cc2Cl)ccc1-c1c(C)c(=O)[nH]c(=O)n1C.Cc1cc(Oc2ncc(F)cc2Cl)ccc1-c1c(C)c(=O)[nH]c(=O)n1C.Cc1cc(Oc2ncc(F)cc2Cl)ccc1-c1c(C)c(=O)n(COCC[Si](C)(C)C)c(=O)n1C.Fc1cnc(F)c(Cl)c1.O=CO[O-].[Cs+].[Cs+].[H-]. The first-order valence-corrected chi connectivity index (χ1v) is 50.2. The average molecular weight is 2280 g/mol. The van der Waals surface area contributed by atoms with Crippen LogP contribution in [0.4, 0.5) is 22.0 Å². The van der Waals surface area contributed by atoms with E-state index in [9.17, 15) is 65.4 Å². The first-order valence-electron chi connectivity index (χ1n) is 41.3. The van der Waals surface area contributed by atoms with Crippen LogP contribution in [0.25, 0.3) is 45.0 Å². The smallest absolute Gasteiger partial charge is 1.00 e. The molecule has 0 saturated carbocycles. The van der Waals surface area contributed by atoms with Gasteiger partial charge < -0.3 is 40.4 Å². The van der Waals surface area contributed by atoms with Gasteiger partial charge >= 0.3 is 161 Å². The Morgan fingerprint density at radius 2 is 0.736 bits per heavy atom. The molecule has 728 valence electrons. The Hall–Kier alpha value is -10.1. The number of aromatic nitrogens is 12. The van der Waals surface area contributed by atoms with E-state index in [2.05, 4.69) is 127 Å². The molecule has 3 N–H and O–H groups in total. The van der Waals surface area contributed by atoms with Gasteiger partial charge in [0, 0.05) is 102 Å². The van der Waals surface area contributed by atoms with Crippen LogP contribution in [-0.4, -0.2) is 98.2 Å². The molecule has 0 aliphatic heterocycles. The van der Waals surface area contributed by atoms with Crippen molar-refractivity contribution in [3.05, 3.63) is 299 Å². The van der Waals surface area contributed by atoms with Crippen molar-refractivity contribution in [2.45, 2.75) is 141 Å². The molecule has 0 aliphatic carbocycles. The predicted molar refractivity (Wildman–Crippen MR) is 528 cm³/mol. The number of halogens is 9. The number of H-pyrrole nitrogens is 2. The fraction of sp³-hybridized carbons (Fsp3) is 0.276. The van der Waals surface area contributed by atoms with Gasteiger partial charge in [0.15, 0.2) is 0 Å². The maximum atomic E-state index is 13.2. The number of aromatic hydroxyl groups is 1. The van der Waals surface area contributed by atoms with E-state index in [4.69, 9.17) is 86.6 Å². The van der Waals surface area contributed by atoms with E-state index < -0.39 is 79.2 Å². The molecule has 0 aliphatic rings. The number of rotatable bonds is 21. The van der Waals surface area contributed by atoms with Crippen LogP contribution in [0, 0.1) is 144 Å². The van der Waals surface area contributed by atoms with Crippen LogP contribution in [0.15, 0.2) is 160 Å². The first-order chi connectivity index (χ1) is 64.9. The van der Waals surface area contributed by atoms with E-state index in [0.717, 1.165) is 109 Å². The summed E-state index contributed by atoms with van der Waals surface area (Å²) in [5.41, 5.74) is 6.59. The molecular weight excluding hydrogens is 2180 g/mol.